The van der Waals surface area contributed by atoms with Gasteiger partial charge in [-0.15, -0.1) is 0 Å². The van der Waals surface area contributed by atoms with Crippen molar-refractivity contribution in [2.45, 2.75) is 45.1 Å². The lowest BCUT2D eigenvalue weighted by atomic mass is 9.77. The van der Waals surface area contributed by atoms with E-state index in [-0.39, 0.29) is 6.03 Å². The smallest absolute Gasteiger partial charge is 0.329 e. The summed E-state index contributed by atoms with van der Waals surface area (Å²) in [5.74, 6) is 0.207. The highest BCUT2D eigenvalue weighted by Crippen LogP contribution is 2.32. The van der Waals surface area contributed by atoms with E-state index in [0.717, 1.165) is 25.9 Å². The SMILES string of the molecule is CC1CCN(C(=O)NC2(C(=O)O)CCC2)CC1C. The van der Waals surface area contributed by atoms with Gasteiger partial charge < -0.3 is 15.3 Å². The standard InChI is InChI=1S/C13H22N2O3/c1-9-4-7-15(8-10(9)2)12(18)14-13(11(16)17)5-3-6-13/h9-10H,3-8H2,1-2H3,(H,14,18)(H,16,17). The molecule has 2 rings (SSSR count). The molecule has 5 nitrogen and oxygen atoms in total. The summed E-state index contributed by atoms with van der Waals surface area (Å²) in [7, 11) is 0. The van der Waals surface area contributed by atoms with Gasteiger partial charge in [-0.05, 0) is 37.5 Å². The minimum absolute atomic E-state index is 0.212. The third kappa shape index (κ3) is 2.31. The topological polar surface area (TPSA) is 69.6 Å². The van der Waals surface area contributed by atoms with E-state index in [4.69, 9.17) is 0 Å². The fraction of sp³-hybridized carbons (Fsp3) is 0.846. The largest absolute Gasteiger partial charge is 0.480 e. The molecule has 2 unspecified atom stereocenters. The van der Waals surface area contributed by atoms with Crippen molar-refractivity contribution in [3.05, 3.63) is 0 Å². The van der Waals surface area contributed by atoms with E-state index < -0.39 is 11.5 Å². The molecule has 1 saturated heterocycles. The zero-order valence-electron chi connectivity index (χ0n) is 11.1. The lowest BCUT2D eigenvalue weighted by molar-refractivity contribution is -0.148. The van der Waals surface area contributed by atoms with Crippen molar-refractivity contribution < 1.29 is 14.7 Å². The molecule has 0 radical (unpaired) electrons. The van der Waals surface area contributed by atoms with Crippen LogP contribution >= 0.6 is 0 Å². The summed E-state index contributed by atoms with van der Waals surface area (Å²) < 4.78 is 0. The molecule has 0 bridgehead atoms. The maximum Gasteiger partial charge on any atom is 0.329 e. The van der Waals surface area contributed by atoms with Crippen molar-refractivity contribution in [2.75, 3.05) is 13.1 Å². The van der Waals surface area contributed by atoms with Gasteiger partial charge in [-0.25, -0.2) is 9.59 Å². The summed E-state index contributed by atoms with van der Waals surface area (Å²) in [6.45, 7) is 5.79. The first kappa shape index (κ1) is 13.2. The third-order valence-electron chi connectivity index (χ3n) is 4.58. The predicted molar refractivity (Wildman–Crippen MR) is 67.3 cm³/mol. The normalized spacial score (nSPS) is 30.4. The van der Waals surface area contributed by atoms with Crippen molar-refractivity contribution in [1.82, 2.24) is 10.2 Å². The van der Waals surface area contributed by atoms with Crippen LogP contribution in [0.5, 0.6) is 0 Å². The molecule has 2 N–H and O–H groups in total. The van der Waals surface area contributed by atoms with E-state index in [9.17, 15) is 14.7 Å². The molecule has 0 aromatic heterocycles. The Morgan fingerprint density at radius 1 is 1.28 bits per heavy atom. The summed E-state index contributed by atoms with van der Waals surface area (Å²) in [5, 5.41) is 11.9. The summed E-state index contributed by atoms with van der Waals surface area (Å²) in [6, 6.07) is -0.212. The second-order valence-electron chi connectivity index (χ2n) is 5.86. The molecule has 0 aromatic carbocycles. The highest BCUT2D eigenvalue weighted by Gasteiger charge is 2.46. The van der Waals surface area contributed by atoms with Crippen LogP contribution in [0.4, 0.5) is 4.79 Å². The van der Waals surface area contributed by atoms with Crippen LogP contribution in [-0.4, -0.2) is 40.6 Å². The molecule has 1 aliphatic heterocycles. The van der Waals surface area contributed by atoms with Gasteiger partial charge in [0.15, 0.2) is 0 Å². The van der Waals surface area contributed by atoms with Crippen LogP contribution in [0, 0.1) is 11.8 Å². The first-order chi connectivity index (χ1) is 8.44. The van der Waals surface area contributed by atoms with Crippen LogP contribution in [0.2, 0.25) is 0 Å². The number of hydrogen-bond donors (Lipinski definition) is 2. The Hall–Kier alpha value is -1.26. The van der Waals surface area contributed by atoms with Gasteiger partial charge in [0.1, 0.15) is 5.54 Å². The number of carbonyl (C=O) groups is 2. The van der Waals surface area contributed by atoms with Crippen LogP contribution in [0.25, 0.3) is 0 Å². The molecule has 2 amide bonds. The van der Waals surface area contributed by atoms with Crippen LogP contribution < -0.4 is 5.32 Å². The van der Waals surface area contributed by atoms with E-state index in [1.165, 1.54) is 0 Å². The van der Waals surface area contributed by atoms with Crippen LogP contribution in [-0.2, 0) is 4.79 Å². The fourth-order valence-corrected chi connectivity index (χ4v) is 2.65. The van der Waals surface area contributed by atoms with Crippen molar-refractivity contribution in [1.29, 1.82) is 0 Å². The molecular weight excluding hydrogens is 232 g/mol. The molecule has 5 heteroatoms. The molecule has 2 fully saturated rings. The average Bonchev–Trinajstić information content (AvgIpc) is 2.26. The maximum atomic E-state index is 12.1. The third-order valence-corrected chi connectivity index (χ3v) is 4.58. The molecular formula is C13H22N2O3. The number of carboxylic acid groups (broad SMARTS) is 1. The molecule has 0 aromatic rings. The Morgan fingerprint density at radius 2 is 1.94 bits per heavy atom. The summed E-state index contributed by atoms with van der Waals surface area (Å²) in [5.41, 5.74) is -0.997. The lowest BCUT2D eigenvalue weighted by Gasteiger charge is -2.42. The highest BCUT2D eigenvalue weighted by molar-refractivity contribution is 5.87. The average molecular weight is 254 g/mol. The van der Waals surface area contributed by atoms with E-state index >= 15 is 0 Å². The first-order valence-electron chi connectivity index (χ1n) is 6.75. The molecule has 102 valence electrons. The van der Waals surface area contributed by atoms with Gasteiger partial charge in [0.2, 0.25) is 0 Å². The molecule has 1 heterocycles. The zero-order chi connectivity index (χ0) is 13.3. The van der Waals surface area contributed by atoms with Crippen LogP contribution in [0.1, 0.15) is 39.5 Å². The highest BCUT2D eigenvalue weighted by atomic mass is 16.4. The number of hydrogen-bond acceptors (Lipinski definition) is 2. The number of aliphatic carboxylic acids is 1. The Balaban J connectivity index is 1.94. The number of nitrogens with zero attached hydrogens (tertiary/aromatic N) is 1. The fourth-order valence-electron chi connectivity index (χ4n) is 2.65. The molecule has 18 heavy (non-hydrogen) atoms. The van der Waals surface area contributed by atoms with E-state index in [0.29, 0.717) is 24.7 Å². The quantitative estimate of drug-likeness (QED) is 0.787. The first-order valence-corrected chi connectivity index (χ1v) is 6.75. The number of rotatable bonds is 2. The van der Waals surface area contributed by atoms with Gasteiger partial charge in [-0.2, -0.15) is 0 Å². The maximum absolute atomic E-state index is 12.1. The summed E-state index contributed by atoms with van der Waals surface area (Å²) in [4.78, 5) is 25.1. The van der Waals surface area contributed by atoms with Gasteiger partial charge in [-0.1, -0.05) is 13.8 Å². The van der Waals surface area contributed by atoms with Gasteiger partial charge in [-0.3, -0.25) is 0 Å². The van der Waals surface area contributed by atoms with Crippen LogP contribution in [0.15, 0.2) is 0 Å². The second-order valence-corrected chi connectivity index (χ2v) is 5.86. The summed E-state index contributed by atoms with van der Waals surface area (Å²) >= 11 is 0. The Morgan fingerprint density at radius 3 is 2.39 bits per heavy atom. The Labute approximate surface area is 108 Å². The van der Waals surface area contributed by atoms with Crippen molar-refractivity contribution in [3.63, 3.8) is 0 Å². The van der Waals surface area contributed by atoms with Crippen molar-refractivity contribution in [3.8, 4) is 0 Å². The molecule has 1 saturated carbocycles. The molecule has 1 aliphatic carbocycles. The number of carboxylic acids is 1. The number of amides is 2. The minimum atomic E-state index is -0.997. The second kappa shape index (κ2) is 4.78. The monoisotopic (exact) mass is 254 g/mol. The molecule has 2 aliphatic rings. The number of piperidine rings is 1. The lowest BCUT2D eigenvalue weighted by Crippen LogP contribution is -2.62. The Bertz CT molecular complexity index is 352. The molecule has 0 spiro atoms. The van der Waals surface area contributed by atoms with E-state index in [1.807, 2.05) is 0 Å². The predicted octanol–water partition coefficient (Wildman–Crippen LogP) is 1.68. The molecule has 2 atom stereocenters. The number of urea groups is 1. The summed E-state index contributed by atoms with van der Waals surface area (Å²) in [6.07, 6.45) is 2.97. The number of likely N-dealkylation sites (tertiary alicyclic amines) is 1. The number of nitrogens with one attached hydrogen (secondary N) is 1. The van der Waals surface area contributed by atoms with Gasteiger partial charge in [0.25, 0.3) is 0 Å². The van der Waals surface area contributed by atoms with Crippen LogP contribution in [0.3, 0.4) is 0 Å². The van der Waals surface area contributed by atoms with Gasteiger partial charge in [0.05, 0.1) is 0 Å². The van der Waals surface area contributed by atoms with E-state index in [2.05, 4.69) is 19.2 Å². The van der Waals surface area contributed by atoms with Crippen molar-refractivity contribution >= 4 is 12.0 Å². The van der Waals surface area contributed by atoms with Crippen molar-refractivity contribution in [2.24, 2.45) is 11.8 Å². The zero-order valence-corrected chi connectivity index (χ0v) is 11.1. The number of carbonyl (C=O) groups excluding carboxylic acids is 1. The van der Waals surface area contributed by atoms with E-state index in [1.54, 1.807) is 4.90 Å². The minimum Gasteiger partial charge on any atom is -0.480 e. The van der Waals surface area contributed by atoms with Gasteiger partial charge in [0, 0.05) is 13.1 Å². The Kier molecular flexibility index (Phi) is 3.50. The van der Waals surface area contributed by atoms with Gasteiger partial charge >= 0.3 is 12.0 Å².